The second-order valence-electron chi connectivity index (χ2n) is 5.40. The molecule has 1 aromatic carbocycles. The van der Waals surface area contributed by atoms with E-state index in [0.717, 1.165) is 16.7 Å². The summed E-state index contributed by atoms with van der Waals surface area (Å²) in [5.74, 6) is 1.68. The Bertz CT molecular complexity index is 768. The van der Waals surface area contributed by atoms with Crippen LogP contribution in [0.3, 0.4) is 0 Å². The molecule has 0 fully saturated rings. The SMILES string of the molecule is C#CC(=O)c1cncc(Cc2ccc([C@H](C)NC(C)=O)cc2)c1.[HH].[HH]. The number of terminal acetylenes is 1. The highest BCUT2D eigenvalue weighted by Crippen LogP contribution is 2.16. The summed E-state index contributed by atoms with van der Waals surface area (Å²) >= 11 is 0. The van der Waals surface area contributed by atoms with Crippen molar-refractivity contribution in [3.8, 4) is 12.3 Å². The van der Waals surface area contributed by atoms with Crippen molar-refractivity contribution in [1.82, 2.24) is 10.3 Å². The monoisotopic (exact) mass is 310 g/mol. The summed E-state index contributed by atoms with van der Waals surface area (Å²) in [6, 6.07) is 9.72. The van der Waals surface area contributed by atoms with Crippen LogP contribution in [-0.2, 0) is 11.2 Å². The molecule has 2 rings (SSSR count). The molecule has 0 aliphatic carbocycles. The van der Waals surface area contributed by atoms with Crippen LogP contribution >= 0.6 is 0 Å². The van der Waals surface area contributed by atoms with Gasteiger partial charge in [0.05, 0.1) is 6.04 Å². The molecule has 0 aliphatic heterocycles. The largest absolute Gasteiger partial charge is 0.350 e. The quantitative estimate of drug-likeness (QED) is 0.524. The minimum absolute atomic E-state index is 0. The van der Waals surface area contributed by atoms with E-state index in [-0.39, 0.29) is 20.6 Å². The first kappa shape index (κ1) is 16.4. The molecule has 0 saturated heterocycles. The zero-order chi connectivity index (χ0) is 16.8. The highest BCUT2D eigenvalue weighted by Gasteiger charge is 2.07. The van der Waals surface area contributed by atoms with E-state index in [1.807, 2.05) is 31.2 Å². The predicted octanol–water partition coefficient (Wildman–Crippen LogP) is 3.18. The fourth-order valence-electron chi connectivity index (χ4n) is 2.34. The highest BCUT2D eigenvalue weighted by molar-refractivity contribution is 6.08. The lowest BCUT2D eigenvalue weighted by atomic mass is 10.0. The van der Waals surface area contributed by atoms with E-state index in [1.165, 1.54) is 13.1 Å². The van der Waals surface area contributed by atoms with Crippen LogP contribution in [0.2, 0.25) is 0 Å². The van der Waals surface area contributed by atoms with E-state index in [1.54, 1.807) is 12.3 Å². The van der Waals surface area contributed by atoms with Gasteiger partial charge in [0, 0.05) is 27.7 Å². The van der Waals surface area contributed by atoms with Crippen molar-refractivity contribution in [3.63, 3.8) is 0 Å². The predicted molar refractivity (Wildman–Crippen MR) is 93.1 cm³/mol. The van der Waals surface area contributed by atoms with Gasteiger partial charge in [0.1, 0.15) is 0 Å². The molecule has 1 heterocycles. The number of carbonyl (C=O) groups excluding carboxylic acids is 2. The van der Waals surface area contributed by atoms with E-state index < -0.39 is 0 Å². The van der Waals surface area contributed by atoms with Gasteiger partial charge in [-0.3, -0.25) is 14.6 Å². The maximum absolute atomic E-state index is 11.5. The van der Waals surface area contributed by atoms with Crippen LogP contribution in [0, 0.1) is 12.3 Å². The number of amides is 1. The van der Waals surface area contributed by atoms with Gasteiger partial charge in [-0.1, -0.05) is 24.3 Å². The smallest absolute Gasteiger partial charge is 0.237 e. The molecule has 1 atom stereocenters. The van der Waals surface area contributed by atoms with Crippen LogP contribution in [-0.4, -0.2) is 16.7 Å². The van der Waals surface area contributed by atoms with Gasteiger partial charge in [0.15, 0.2) is 0 Å². The maximum atomic E-state index is 11.5. The number of Topliss-reactive ketones (excluding diaryl/α,β-unsaturated/α-hetero) is 1. The molecule has 120 valence electrons. The molecular formula is C19H22N2O2. The Balaban J connectivity index is 0.00000288. The third-order valence-electron chi connectivity index (χ3n) is 3.50. The summed E-state index contributed by atoms with van der Waals surface area (Å²) < 4.78 is 0. The van der Waals surface area contributed by atoms with Gasteiger partial charge < -0.3 is 5.32 Å². The number of carbonyl (C=O) groups is 2. The molecule has 23 heavy (non-hydrogen) atoms. The molecule has 1 aromatic heterocycles. The van der Waals surface area contributed by atoms with Crippen LogP contribution in [0.5, 0.6) is 0 Å². The Morgan fingerprint density at radius 2 is 1.96 bits per heavy atom. The number of hydrogen-bond acceptors (Lipinski definition) is 3. The second kappa shape index (κ2) is 7.37. The third kappa shape index (κ3) is 4.52. The zero-order valence-electron chi connectivity index (χ0n) is 13.2. The average Bonchev–Trinajstić information content (AvgIpc) is 2.54. The number of aromatic nitrogens is 1. The zero-order valence-corrected chi connectivity index (χ0v) is 13.2. The molecule has 0 aliphatic rings. The molecule has 4 heteroatoms. The number of nitrogens with one attached hydrogen (secondary N) is 1. The summed E-state index contributed by atoms with van der Waals surface area (Å²) in [4.78, 5) is 26.7. The van der Waals surface area contributed by atoms with Crippen LogP contribution in [0.4, 0.5) is 0 Å². The van der Waals surface area contributed by atoms with Crippen molar-refractivity contribution in [2.24, 2.45) is 0 Å². The van der Waals surface area contributed by atoms with Crippen molar-refractivity contribution in [1.29, 1.82) is 0 Å². The maximum Gasteiger partial charge on any atom is 0.237 e. The third-order valence-corrected chi connectivity index (χ3v) is 3.50. The summed E-state index contributed by atoms with van der Waals surface area (Å²) in [6.07, 6.45) is 8.99. The van der Waals surface area contributed by atoms with Gasteiger partial charge in [-0.25, -0.2) is 0 Å². The molecule has 4 nitrogen and oxygen atoms in total. The van der Waals surface area contributed by atoms with Crippen molar-refractivity contribution >= 4 is 11.7 Å². The highest BCUT2D eigenvalue weighted by atomic mass is 16.1. The van der Waals surface area contributed by atoms with Crippen molar-refractivity contribution in [3.05, 3.63) is 65.0 Å². The number of pyridine rings is 1. The van der Waals surface area contributed by atoms with Gasteiger partial charge in [-0.15, -0.1) is 6.42 Å². The van der Waals surface area contributed by atoms with Gasteiger partial charge in [-0.2, -0.15) is 0 Å². The molecular weight excluding hydrogens is 288 g/mol. The Labute approximate surface area is 138 Å². The Kier molecular flexibility index (Phi) is 5.27. The van der Waals surface area contributed by atoms with Crippen LogP contribution in [0.25, 0.3) is 0 Å². The van der Waals surface area contributed by atoms with Crippen LogP contribution in [0.1, 0.15) is 49.8 Å². The Hall–Kier alpha value is -2.93. The number of benzene rings is 1. The van der Waals surface area contributed by atoms with E-state index in [0.29, 0.717) is 12.0 Å². The normalized spacial score (nSPS) is 11.3. The van der Waals surface area contributed by atoms with E-state index in [9.17, 15) is 9.59 Å². The number of nitrogens with zero attached hydrogens (tertiary/aromatic N) is 1. The summed E-state index contributed by atoms with van der Waals surface area (Å²) in [5.41, 5.74) is 3.49. The van der Waals surface area contributed by atoms with E-state index in [4.69, 9.17) is 6.42 Å². The fraction of sp³-hybridized carbons (Fsp3) is 0.211. The summed E-state index contributed by atoms with van der Waals surface area (Å²) in [6.45, 7) is 3.44. The standard InChI is InChI=1S/C19H18N2O2.2H2/c1-4-19(23)18-10-16(11-20-12-18)9-15-5-7-17(8-6-15)13(2)21-14(3)22;;/h1,5-8,10-13H,9H2,2-3H3,(H,21,22);2*1H/t13-;;/m0../s1. The minimum atomic E-state index is -0.362. The van der Waals surface area contributed by atoms with Gasteiger partial charge in [-0.05, 0) is 42.0 Å². The molecule has 0 radical (unpaired) electrons. The first-order valence-electron chi connectivity index (χ1n) is 7.30. The lowest BCUT2D eigenvalue weighted by Crippen LogP contribution is -2.23. The minimum Gasteiger partial charge on any atom is -0.350 e. The van der Waals surface area contributed by atoms with Gasteiger partial charge in [0.2, 0.25) is 11.7 Å². The van der Waals surface area contributed by atoms with Gasteiger partial charge in [0.25, 0.3) is 0 Å². The van der Waals surface area contributed by atoms with E-state index >= 15 is 0 Å². The van der Waals surface area contributed by atoms with Crippen molar-refractivity contribution in [2.45, 2.75) is 26.3 Å². The molecule has 0 bridgehead atoms. The first-order chi connectivity index (χ1) is 11.0. The fourth-order valence-corrected chi connectivity index (χ4v) is 2.34. The Morgan fingerprint density at radius 3 is 2.57 bits per heavy atom. The molecule has 0 spiro atoms. The van der Waals surface area contributed by atoms with Crippen molar-refractivity contribution in [2.75, 3.05) is 0 Å². The summed E-state index contributed by atoms with van der Waals surface area (Å²) in [7, 11) is 0. The summed E-state index contributed by atoms with van der Waals surface area (Å²) in [5, 5.41) is 2.85. The molecule has 0 saturated carbocycles. The first-order valence-corrected chi connectivity index (χ1v) is 7.30. The molecule has 1 N–H and O–H groups in total. The Morgan fingerprint density at radius 1 is 1.26 bits per heavy atom. The lowest BCUT2D eigenvalue weighted by molar-refractivity contribution is -0.119. The topological polar surface area (TPSA) is 59.1 Å². The molecule has 0 unspecified atom stereocenters. The van der Waals surface area contributed by atoms with Gasteiger partial charge >= 0.3 is 0 Å². The molecule has 1 amide bonds. The number of rotatable bonds is 5. The molecule has 2 aromatic rings. The lowest BCUT2D eigenvalue weighted by Gasteiger charge is -2.13. The van der Waals surface area contributed by atoms with Crippen LogP contribution < -0.4 is 5.32 Å². The van der Waals surface area contributed by atoms with Crippen molar-refractivity contribution < 1.29 is 12.4 Å². The average molecular weight is 310 g/mol. The van der Waals surface area contributed by atoms with E-state index in [2.05, 4.69) is 16.2 Å². The number of hydrogen-bond donors (Lipinski definition) is 1. The van der Waals surface area contributed by atoms with Crippen LogP contribution in [0.15, 0.2) is 42.7 Å². The second-order valence-corrected chi connectivity index (χ2v) is 5.40. The number of ketones is 1.